The fourth-order valence-electron chi connectivity index (χ4n) is 2.19. The van der Waals surface area contributed by atoms with Gasteiger partial charge in [-0.25, -0.2) is 4.98 Å². The van der Waals surface area contributed by atoms with Crippen molar-refractivity contribution in [1.29, 1.82) is 0 Å². The van der Waals surface area contributed by atoms with Crippen molar-refractivity contribution in [3.8, 4) is 0 Å². The highest BCUT2D eigenvalue weighted by Crippen LogP contribution is 2.28. The molecule has 0 aliphatic carbocycles. The van der Waals surface area contributed by atoms with E-state index in [9.17, 15) is 9.59 Å². The van der Waals surface area contributed by atoms with Crippen molar-refractivity contribution in [2.45, 2.75) is 13.3 Å². The van der Waals surface area contributed by atoms with Gasteiger partial charge in [0.2, 0.25) is 5.91 Å². The van der Waals surface area contributed by atoms with Crippen molar-refractivity contribution in [1.82, 2.24) is 4.98 Å². The van der Waals surface area contributed by atoms with Crippen LogP contribution in [0.5, 0.6) is 0 Å². The predicted octanol–water partition coefficient (Wildman–Crippen LogP) is 2.22. The number of thiazole rings is 1. The summed E-state index contributed by atoms with van der Waals surface area (Å²) in [5.41, 5.74) is 3.18. The van der Waals surface area contributed by atoms with E-state index in [1.54, 1.807) is 24.1 Å². The van der Waals surface area contributed by atoms with Gasteiger partial charge in [0.1, 0.15) is 0 Å². The van der Waals surface area contributed by atoms with Crippen LogP contribution in [0.3, 0.4) is 0 Å². The highest BCUT2D eigenvalue weighted by molar-refractivity contribution is 7.13. The quantitative estimate of drug-likeness (QED) is 0.921. The minimum atomic E-state index is -0.204. The van der Waals surface area contributed by atoms with E-state index in [4.69, 9.17) is 0 Å². The van der Waals surface area contributed by atoms with Gasteiger partial charge in [0.25, 0.3) is 5.91 Å². The Morgan fingerprint density at radius 2 is 2.25 bits per heavy atom. The maximum atomic E-state index is 12.1. The summed E-state index contributed by atoms with van der Waals surface area (Å²) in [6.07, 6.45) is 0.351. The maximum absolute atomic E-state index is 12.1. The average Bonchev–Trinajstić information content (AvgIpc) is 2.94. The Labute approximate surface area is 120 Å². The van der Waals surface area contributed by atoms with Crippen molar-refractivity contribution in [3.05, 3.63) is 40.4 Å². The Morgan fingerprint density at radius 1 is 1.45 bits per heavy atom. The third kappa shape index (κ3) is 2.18. The van der Waals surface area contributed by atoms with E-state index in [0.29, 0.717) is 17.1 Å². The van der Waals surface area contributed by atoms with Gasteiger partial charge in [0.05, 0.1) is 12.1 Å². The number of aromatic nitrogens is 1. The summed E-state index contributed by atoms with van der Waals surface area (Å²) in [5, 5.41) is 5.23. The predicted molar refractivity (Wildman–Crippen MR) is 78.4 cm³/mol. The molecule has 1 aliphatic rings. The summed E-state index contributed by atoms with van der Waals surface area (Å²) in [4.78, 5) is 29.6. The number of hydrogen-bond acceptors (Lipinski definition) is 4. The smallest absolute Gasteiger partial charge is 0.257 e. The molecular formula is C14H13N3O2S. The number of nitrogens with zero attached hydrogens (tertiary/aromatic N) is 2. The first-order valence-corrected chi connectivity index (χ1v) is 7.05. The highest BCUT2D eigenvalue weighted by atomic mass is 32.1. The zero-order valence-corrected chi connectivity index (χ0v) is 12.0. The van der Waals surface area contributed by atoms with E-state index in [1.165, 1.54) is 11.3 Å². The lowest BCUT2D eigenvalue weighted by atomic mass is 10.1. The Morgan fingerprint density at radius 3 is 2.95 bits per heavy atom. The summed E-state index contributed by atoms with van der Waals surface area (Å²) < 4.78 is 0. The number of aryl methyl sites for hydroxylation is 1. The minimum Gasteiger partial charge on any atom is -0.315 e. The Kier molecular flexibility index (Phi) is 3.02. The van der Waals surface area contributed by atoms with Crippen LogP contribution < -0.4 is 10.2 Å². The van der Waals surface area contributed by atoms with Gasteiger partial charge in [-0.05, 0) is 30.7 Å². The van der Waals surface area contributed by atoms with Crippen LogP contribution in [0.15, 0.2) is 23.6 Å². The molecule has 102 valence electrons. The second-order valence-corrected chi connectivity index (χ2v) is 5.58. The van der Waals surface area contributed by atoms with Crippen molar-refractivity contribution < 1.29 is 9.59 Å². The van der Waals surface area contributed by atoms with Crippen molar-refractivity contribution in [2.24, 2.45) is 0 Å². The van der Waals surface area contributed by atoms with E-state index < -0.39 is 0 Å². The topological polar surface area (TPSA) is 62.3 Å². The van der Waals surface area contributed by atoms with Gasteiger partial charge in [-0.15, -0.1) is 11.3 Å². The van der Waals surface area contributed by atoms with Crippen LogP contribution in [-0.4, -0.2) is 23.8 Å². The number of amides is 2. The van der Waals surface area contributed by atoms with Crippen LogP contribution in [0.2, 0.25) is 0 Å². The number of carbonyl (C=O) groups is 2. The second-order valence-electron chi connectivity index (χ2n) is 4.72. The van der Waals surface area contributed by atoms with E-state index in [1.807, 2.05) is 18.4 Å². The van der Waals surface area contributed by atoms with Crippen LogP contribution in [0.1, 0.15) is 21.6 Å². The molecule has 3 rings (SSSR count). The van der Waals surface area contributed by atoms with E-state index >= 15 is 0 Å². The first kappa shape index (κ1) is 12.8. The first-order valence-electron chi connectivity index (χ1n) is 6.17. The third-order valence-corrected chi connectivity index (χ3v) is 4.13. The lowest BCUT2D eigenvalue weighted by Gasteiger charge is -2.10. The molecule has 5 nitrogen and oxygen atoms in total. The second kappa shape index (κ2) is 4.72. The van der Waals surface area contributed by atoms with Crippen LogP contribution in [0.25, 0.3) is 0 Å². The van der Waals surface area contributed by atoms with Crippen molar-refractivity contribution in [3.63, 3.8) is 0 Å². The minimum absolute atomic E-state index is 0.0492. The van der Waals surface area contributed by atoms with Crippen LogP contribution in [0, 0.1) is 6.92 Å². The summed E-state index contributed by atoms with van der Waals surface area (Å²) in [7, 11) is 1.74. The molecule has 0 atom stereocenters. The number of nitrogens with one attached hydrogen (secondary N) is 1. The average molecular weight is 287 g/mol. The standard InChI is InChI=1S/C14H13N3O2S/c1-8-7-20-14(15-8)16-13(19)9-3-4-11-10(5-9)6-12(18)17(11)2/h3-5,7H,6H2,1-2H3,(H,15,16,19). The largest absolute Gasteiger partial charge is 0.315 e. The number of hydrogen-bond donors (Lipinski definition) is 1. The summed E-state index contributed by atoms with van der Waals surface area (Å²) in [6.45, 7) is 1.88. The van der Waals surface area contributed by atoms with Gasteiger partial charge in [-0.3, -0.25) is 14.9 Å². The Balaban J connectivity index is 1.83. The number of anilines is 2. The summed E-state index contributed by atoms with van der Waals surface area (Å²) >= 11 is 1.39. The molecule has 2 aromatic rings. The van der Waals surface area contributed by atoms with Crippen LogP contribution >= 0.6 is 11.3 Å². The van der Waals surface area contributed by atoms with E-state index in [-0.39, 0.29) is 11.8 Å². The summed E-state index contributed by atoms with van der Waals surface area (Å²) in [5.74, 6) is -0.155. The maximum Gasteiger partial charge on any atom is 0.257 e. The zero-order chi connectivity index (χ0) is 14.3. The molecule has 6 heteroatoms. The molecule has 0 fully saturated rings. The molecule has 20 heavy (non-hydrogen) atoms. The normalized spacial score (nSPS) is 13.5. The fraction of sp³-hybridized carbons (Fsp3) is 0.214. The Bertz CT molecular complexity index is 708. The first-order chi connectivity index (χ1) is 9.54. The van der Waals surface area contributed by atoms with Gasteiger partial charge < -0.3 is 4.90 Å². The highest BCUT2D eigenvalue weighted by Gasteiger charge is 2.24. The Hall–Kier alpha value is -2.21. The molecule has 0 unspecified atom stereocenters. The molecule has 0 spiro atoms. The molecule has 0 saturated carbocycles. The van der Waals surface area contributed by atoms with Gasteiger partial charge in [0.15, 0.2) is 5.13 Å². The molecule has 1 N–H and O–H groups in total. The van der Waals surface area contributed by atoms with Crippen LogP contribution in [-0.2, 0) is 11.2 Å². The van der Waals surface area contributed by atoms with Crippen molar-refractivity contribution in [2.75, 3.05) is 17.3 Å². The number of fused-ring (bicyclic) bond motifs is 1. The lowest BCUT2D eigenvalue weighted by Crippen LogP contribution is -2.20. The number of rotatable bonds is 2. The van der Waals surface area contributed by atoms with Crippen molar-refractivity contribution >= 4 is 34.0 Å². The SMILES string of the molecule is Cc1csc(NC(=O)c2ccc3c(c2)CC(=O)N3C)n1. The molecule has 0 saturated heterocycles. The molecule has 2 amide bonds. The molecular weight excluding hydrogens is 274 g/mol. The molecule has 1 aromatic carbocycles. The molecule has 2 heterocycles. The van der Waals surface area contributed by atoms with E-state index in [2.05, 4.69) is 10.3 Å². The van der Waals surface area contributed by atoms with Gasteiger partial charge in [0, 0.05) is 23.7 Å². The van der Waals surface area contributed by atoms with Crippen LogP contribution in [0.4, 0.5) is 10.8 Å². The van der Waals surface area contributed by atoms with Gasteiger partial charge >= 0.3 is 0 Å². The summed E-state index contributed by atoms with van der Waals surface area (Å²) in [6, 6.07) is 5.30. The van der Waals surface area contributed by atoms with Gasteiger partial charge in [-0.2, -0.15) is 0 Å². The zero-order valence-electron chi connectivity index (χ0n) is 11.1. The molecule has 0 bridgehead atoms. The van der Waals surface area contributed by atoms with Gasteiger partial charge in [-0.1, -0.05) is 0 Å². The van der Waals surface area contributed by atoms with E-state index in [0.717, 1.165) is 16.9 Å². The lowest BCUT2D eigenvalue weighted by molar-refractivity contribution is -0.117. The molecule has 1 aromatic heterocycles. The third-order valence-electron chi connectivity index (χ3n) is 3.26. The number of carbonyl (C=O) groups excluding carboxylic acids is 2. The monoisotopic (exact) mass is 287 g/mol. The number of benzene rings is 1. The fourth-order valence-corrected chi connectivity index (χ4v) is 2.88. The number of likely N-dealkylation sites (N-methyl/N-ethyl adjacent to an activating group) is 1. The molecule has 0 radical (unpaired) electrons. The molecule has 1 aliphatic heterocycles.